The number of hydrogen-bond donors (Lipinski definition) is 1. The highest BCUT2D eigenvalue weighted by molar-refractivity contribution is 9.11. The number of aromatic nitrogens is 1. The Hall–Kier alpha value is -0.290. The lowest BCUT2D eigenvalue weighted by Crippen LogP contribution is -1.93. The fourth-order valence-corrected chi connectivity index (χ4v) is 2.41. The third-order valence-electron chi connectivity index (χ3n) is 2.08. The van der Waals surface area contributed by atoms with Crippen LogP contribution in [0.5, 0.6) is 0 Å². The molecule has 0 unspecified atom stereocenters. The first-order valence-corrected chi connectivity index (χ1v) is 6.94. The van der Waals surface area contributed by atoms with Gasteiger partial charge in [-0.15, -0.1) is 0 Å². The predicted octanol–water partition coefficient (Wildman–Crippen LogP) is 5.66. The van der Waals surface area contributed by atoms with E-state index >= 15 is 0 Å². The molecule has 0 saturated heterocycles. The molecule has 0 aliphatic rings. The number of rotatable bonds is 2. The molecule has 1 heterocycles. The van der Waals surface area contributed by atoms with E-state index in [4.69, 9.17) is 23.2 Å². The van der Waals surface area contributed by atoms with E-state index in [2.05, 4.69) is 42.2 Å². The van der Waals surface area contributed by atoms with Gasteiger partial charge in [0.15, 0.2) is 0 Å². The number of nitrogens with zero attached hydrogens (tertiary/aromatic N) is 1. The number of hydrogen-bond acceptors (Lipinski definition) is 2. The summed E-state index contributed by atoms with van der Waals surface area (Å²) < 4.78 is 1.62. The highest BCUT2D eigenvalue weighted by Crippen LogP contribution is 2.37. The van der Waals surface area contributed by atoms with Crippen LogP contribution in [0.2, 0.25) is 10.0 Å². The molecule has 0 saturated carbocycles. The summed E-state index contributed by atoms with van der Waals surface area (Å²) in [6, 6.07) is 5.53. The summed E-state index contributed by atoms with van der Waals surface area (Å²) in [4.78, 5) is 3.99. The molecule has 2 nitrogen and oxygen atoms in total. The zero-order valence-corrected chi connectivity index (χ0v) is 13.0. The Morgan fingerprint density at radius 3 is 2.41 bits per heavy atom. The van der Waals surface area contributed by atoms with Gasteiger partial charge in [0, 0.05) is 16.9 Å². The number of halogens is 4. The highest BCUT2D eigenvalue weighted by atomic mass is 79.9. The Bertz CT molecular complexity index is 561. The topological polar surface area (TPSA) is 24.9 Å². The van der Waals surface area contributed by atoms with Crippen LogP contribution in [0.15, 0.2) is 39.5 Å². The maximum atomic E-state index is 6.15. The summed E-state index contributed by atoms with van der Waals surface area (Å²) in [7, 11) is 0. The van der Waals surface area contributed by atoms with Gasteiger partial charge >= 0.3 is 0 Å². The average Bonchev–Trinajstić information content (AvgIpc) is 2.32. The Labute approximate surface area is 126 Å². The van der Waals surface area contributed by atoms with Gasteiger partial charge in [-0.1, -0.05) is 23.2 Å². The number of anilines is 2. The van der Waals surface area contributed by atoms with Gasteiger partial charge in [0.2, 0.25) is 0 Å². The Morgan fingerprint density at radius 2 is 1.71 bits per heavy atom. The molecule has 0 aliphatic heterocycles. The zero-order valence-electron chi connectivity index (χ0n) is 8.35. The van der Waals surface area contributed by atoms with Crippen molar-refractivity contribution in [3.8, 4) is 0 Å². The second-order valence-corrected chi connectivity index (χ2v) is 5.67. The maximum Gasteiger partial charge on any atom is 0.0838 e. The fraction of sp³-hybridized carbons (Fsp3) is 0. The quantitative estimate of drug-likeness (QED) is 0.663. The standard InChI is InChI=1S/C11H6Br2Cl2N2/c12-6-1-2-9(11(15)10(6)14)17-8-3-4-16-5-7(8)13/h1-5H,(H,16,17). The molecule has 0 spiro atoms. The minimum absolute atomic E-state index is 0.477. The minimum atomic E-state index is 0.477. The highest BCUT2D eigenvalue weighted by Gasteiger charge is 2.09. The summed E-state index contributed by atoms with van der Waals surface area (Å²) in [5.74, 6) is 0. The molecule has 0 amide bonds. The molecule has 0 bridgehead atoms. The number of pyridine rings is 1. The monoisotopic (exact) mass is 394 g/mol. The number of nitrogens with one attached hydrogen (secondary N) is 1. The first-order valence-electron chi connectivity index (χ1n) is 4.59. The van der Waals surface area contributed by atoms with Crippen LogP contribution < -0.4 is 5.32 Å². The van der Waals surface area contributed by atoms with Gasteiger partial charge in [-0.2, -0.15) is 0 Å². The van der Waals surface area contributed by atoms with Crippen LogP contribution in [0.25, 0.3) is 0 Å². The summed E-state index contributed by atoms with van der Waals surface area (Å²) in [6.07, 6.45) is 3.40. The number of benzene rings is 1. The van der Waals surface area contributed by atoms with Crippen LogP contribution >= 0.6 is 55.1 Å². The van der Waals surface area contributed by atoms with Crippen LogP contribution in [-0.2, 0) is 0 Å². The molecule has 1 aromatic carbocycles. The molecular formula is C11H6Br2Cl2N2. The summed E-state index contributed by atoms with van der Waals surface area (Å²) in [6.45, 7) is 0. The largest absolute Gasteiger partial charge is 0.353 e. The van der Waals surface area contributed by atoms with Crippen molar-refractivity contribution in [2.45, 2.75) is 0 Å². The van der Waals surface area contributed by atoms with E-state index < -0.39 is 0 Å². The minimum Gasteiger partial charge on any atom is -0.353 e. The van der Waals surface area contributed by atoms with Crippen molar-refractivity contribution >= 4 is 66.4 Å². The van der Waals surface area contributed by atoms with E-state index in [1.165, 1.54) is 0 Å². The molecule has 88 valence electrons. The SMILES string of the molecule is Clc1c(Br)ccc(Nc2ccncc2Br)c1Cl. The third kappa shape index (κ3) is 2.94. The second-order valence-electron chi connectivity index (χ2n) is 3.20. The summed E-state index contributed by atoms with van der Waals surface area (Å²) in [5, 5.41) is 4.15. The third-order valence-corrected chi connectivity index (χ3v) is 4.48. The zero-order chi connectivity index (χ0) is 12.4. The van der Waals surface area contributed by atoms with Crippen LogP contribution in [0.1, 0.15) is 0 Å². The first kappa shape index (κ1) is 13.1. The van der Waals surface area contributed by atoms with E-state index in [9.17, 15) is 0 Å². The smallest absolute Gasteiger partial charge is 0.0838 e. The lowest BCUT2D eigenvalue weighted by molar-refractivity contribution is 1.30. The van der Waals surface area contributed by atoms with Crippen LogP contribution in [0, 0.1) is 0 Å². The molecule has 1 N–H and O–H groups in total. The Balaban J connectivity index is 2.38. The second kappa shape index (κ2) is 5.57. The lowest BCUT2D eigenvalue weighted by Gasteiger charge is -2.11. The average molecular weight is 397 g/mol. The molecule has 0 atom stereocenters. The molecule has 17 heavy (non-hydrogen) atoms. The molecular weight excluding hydrogens is 391 g/mol. The predicted molar refractivity (Wildman–Crippen MR) is 79.4 cm³/mol. The van der Waals surface area contributed by atoms with Crippen molar-refractivity contribution in [3.05, 3.63) is 49.6 Å². The first-order chi connectivity index (χ1) is 8.09. The van der Waals surface area contributed by atoms with Gasteiger partial charge in [-0.3, -0.25) is 4.98 Å². The lowest BCUT2D eigenvalue weighted by atomic mass is 10.3. The molecule has 1 aromatic heterocycles. The van der Waals surface area contributed by atoms with Gasteiger partial charge in [-0.25, -0.2) is 0 Å². The van der Waals surface area contributed by atoms with Crippen molar-refractivity contribution in [1.82, 2.24) is 4.98 Å². The molecule has 2 aromatic rings. The van der Waals surface area contributed by atoms with E-state index in [0.717, 1.165) is 20.3 Å². The van der Waals surface area contributed by atoms with Gasteiger partial charge in [-0.05, 0) is 50.1 Å². The molecule has 0 aliphatic carbocycles. The van der Waals surface area contributed by atoms with E-state index in [0.29, 0.717) is 10.0 Å². The fourth-order valence-electron chi connectivity index (χ4n) is 1.24. The summed E-state index contributed by atoms with van der Waals surface area (Å²) in [5.41, 5.74) is 1.62. The van der Waals surface area contributed by atoms with Crippen LogP contribution in [-0.4, -0.2) is 4.98 Å². The van der Waals surface area contributed by atoms with Crippen molar-refractivity contribution in [2.24, 2.45) is 0 Å². The molecule has 6 heteroatoms. The van der Waals surface area contributed by atoms with Gasteiger partial charge in [0.1, 0.15) is 0 Å². The van der Waals surface area contributed by atoms with Crippen LogP contribution in [0.3, 0.4) is 0 Å². The van der Waals surface area contributed by atoms with Gasteiger partial charge in [0.25, 0.3) is 0 Å². The van der Waals surface area contributed by atoms with Crippen LogP contribution in [0.4, 0.5) is 11.4 Å². The van der Waals surface area contributed by atoms with Crippen molar-refractivity contribution < 1.29 is 0 Å². The summed E-state index contributed by atoms with van der Waals surface area (Å²) >= 11 is 18.9. The van der Waals surface area contributed by atoms with Crippen molar-refractivity contribution in [2.75, 3.05) is 5.32 Å². The van der Waals surface area contributed by atoms with E-state index in [1.807, 2.05) is 18.2 Å². The normalized spacial score (nSPS) is 10.4. The molecule has 2 rings (SSSR count). The maximum absolute atomic E-state index is 6.15. The van der Waals surface area contributed by atoms with E-state index in [1.54, 1.807) is 12.4 Å². The van der Waals surface area contributed by atoms with Gasteiger partial charge < -0.3 is 5.32 Å². The Morgan fingerprint density at radius 1 is 0.941 bits per heavy atom. The van der Waals surface area contributed by atoms with E-state index in [-0.39, 0.29) is 0 Å². The van der Waals surface area contributed by atoms with Crippen molar-refractivity contribution in [1.29, 1.82) is 0 Å². The molecule has 0 radical (unpaired) electrons. The molecule has 0 fully saturated rings. The van der Waals surface area contributed by atoms with Crippen molar-refractivity contribution in [3.63, 3.8) is 0 Å². The Kier molecular flexibility index (Phi) is 4.31. The van der Waals surface area contributed by atoms with Gasteiger partial charge in [0.05, 0.1) is 25.9 Å².